The summed E-state index contributed by atoms with van der Waals surface area (Å²) in [6, 6.07) is 4.10. The number of likely N-dealkylation sites (tertiary alicyclic amines) is 1. The molecule has 1 heterocycles. The third-order valence-corrected chi connectivity index (χ3v) is 3.17. The van der Waals surface area contributed by atoms with E-state index in [-0.39, 0.29) is 11.5 Å². The summed E-state index contributed by atoms with van der Waals surface area (Å²) in [6.45, 7) is 2.21. The number of hydrogen-bond acceptors (Lipinski definition) is 2. The molecule has 0 bridgehead atoms. The van der Waals surface area contributed by atoms with Gasteiger partial charge in [-0.05, 0) is 25.0 Å². The second-order valence-electron chi connectivity index (χ2n) is 4.51. The van der Waals surface area contributed by atoms with Crippen molar-refractivity contribution in [1.29, 1.82) is 0 Å². The number of likely N-dealkylation sites (N-methyl/N-ethyl adjacent to an activating group) is 1. The van der Waals surface area contributed by atoms with Gasteiger partial charge in [-0.3, -0.25) is 9.59 Å². The molecule has 0 radical (unpaired) electrons. The predicted molar refractivity (Wildman–Crippen MR) is 64.6 cm³/mol. The van der Waals surface area contributed by atoms with Gasteiger partial charge in [0, 0.05) is 13.6 Å². The van der Waals surface area contributed by atoms with Crippen molar-refractivity contribution in [3.05, 3.63) is 35.1 Å². The molecule has 96 valence electrons. The summed E-state index contributed by atoms with van der Waals surface area (Å²) in [6.07, 6.45) is 0.564. The Balaban J connectivity index is 2.13. The standard InChI is InChI=1S/C13H15FN2O2/c1-8-4-3-5-9(11(8)14)12(17)15-10-6-7-16(2)13(10)18/h3-5,10H,6-7H2,1-2H3,(H,15,17). The Hall–Kier alpha value is -1.91. The topological polar surface area (TPSA) is 49.4 Å². The van der Waals surface area contributed by atoms with E-state index in [2.05, 4.69) is 5.32 Å². The van der Waals surface area contributed by atoms with Gasteiger partial charge in [0.15, 0.2) is 0 Å². The predicted octanol–water partition coefficient (Wildman–Crippen LogP) is 1.09. The number of nitrogens with one attached hydrogen (secondary N) is 1. The van der Waals surface area contributed by atoms with Crippen LogP contribution in [0.25, 0.3) is 0 Å². The van der Waals surface area contributed by atoms with Gasteiger partial charge in [0.25, 0.3) is 5.91 Å². The molecule has 2 rings (SSSR count). The van der Waals surface area contributed by atoms with E-state index in [1.165, 1.54) is 6.07 Å². The number of aryl methyl sites for hydroxylation is 1. The Kier molecular flexibility index (Phi) is 3.32. The van der Waals surface area contributed by atoms with Crippen LogP contribution in [0.2, 0.25) is 0 Å². The van der Waals surface area contributed by atoms with E-state index in [1.807, 2.05) is 0 Å². The van der Waals surface area contributed by atoms with Gasteiger partial charge in [0.1, 0.15) is 11.9 Å². The molecular weight excluding hydrogens is 235 g/mol. The Morgan fingerprint density at radius 1 is 1.50 bits per heavy atom. The minimum Gasteiger partial charge on any atom is -0.344 e. The van der Waals surface area contributed by atoms with Gasteiger partial charge in [0.2, 0.25) is 5.91 Å². The van der Waals surface area contributed by atoms with E-state index in [4.69, 9.17) is 0 Å². The van der Waals surface area contributed by atoms with Crippen LogP contribution in [0.3, 0.4) is 0 Å². The molecule has 1 fully saturated rings. The van der Waals surface area contributed by atoms with Crippen molar-refractivity contribution < 1.29 is 14.0 Å². The summed E-state index contributed by atoms with van der Waals surface area (Å²) in [5, 5.41) is 2.57. The van der Waals surface area contributed by atoms with Gasteiger partial charge in [-0.25, -0.2) is 4.39 Å². The van der Waals surface area contributed by atoms with Crippen LogP contribution in [0.15, 0.2) is 18.2 Å². The Morgan fingerprint density at radius 2 is 2.22 bits per heavy atom. The average Bonchev–Trinajstić information content (AvgIpc) is 2.64. The zero-order chi connectivity index (χ0) is 13.3. The third-order valence-electron chi connectivity index (χ3n) is 3.17. The molecule has 0 saturated carbocycles. The van der Waals surface area contributed by atoms with Crippen LogP contribution in [-0.4, -0.2) is 36.3 Å². The van der Waals surface area contributed by atoms with Crippen molar-refractivity contribution >= 4 is 11.8 Å². The number of benzene rings is 1. The molecule has 1 atom stereocenters. The summed E-state index contributed by atoms with van der Waals surface area (Å²) in [4.78, 5) is 25.1. The molecule has 1 saturated heterocycles. The zero-order valence-electron chi connectivity index (χ0n) is 10.4. The number of nitrogens with zero attached hydrogens (tertiary/aromatic N) is 1. The van der Waals surface area contributed by atoms with E-state index in [0.717, 1.165) is 0 Å². The SMILES string of the molecule is Cc1cccc(C(=O)NC2CCN(C)C2=O)c1F. The van der Waals surface area contributed by atoms with Crippen LogP contribution < -0.4 is 5.32 Å². The molecule has 1 unspecified atom stereocenters. The van der Waals surface area contributed by atoms with Crippen LogP contribution in [0.1, 0.15) is 22.3 Å². The Bertz CT molecular complexity index is 502. The number of carbonyl (C=O) groups excluding carboxylic acids is 2. The largest absolute Gasteiger partial charge is 0.344 e. The molecule has 1 aliphatic heterocycles. The summed E-state index contributed by atoms with van der Waals surface area (Å²) in [7, 11) is 1.68. The molecule has 1 N–H and O–H groups in total. The second kappa shape index (κ2) is 4.76. The monoisotopic (exact) mass is 250 g/mol. The maximum absolute atomic E-state index is 13.7. The lowest BCUT2D eigenvalue weighted by molar-refractivity contribution is -0.128. The lowest BCUT2D eigenvalue weighted by atomic mass is 10.1. The average molecular weight is 250 g/mol. The maximum atomic E-state index is 13.7. The van der Waals surface area contributed by atoms with Crippen LogP contribution in [0, 0.1) is 12.7 Å². The highest BCUT2D eigenvalue weighted by atomic mass is 19.1. The minimum atomic E-state index is -0.539. The molecule has 1 aromatic rings. The number of halogens is 1. The molecule has 0 spiro atoms. The molecule has 0 aromatic heterocycles. The van der Waals surface area contributed by atoms with Crippen molar-refractivity contribution in [3.63, 3.8) is 0 Å². The lowest BCUT2D eigenvalue weighted by Gasteiger charge is -2.13. The Labute approximate surface area is 105 Å². The first-order valence-electron chi connectivity index (χ1n) is 5.81. The smallest absolute Gasteiger partial charge is 0.254 e. The van der Waals surface area contributed by atoms with Crippen molar-refractivity contribution in [2.45, 2.75) is 19.4 Å². The maximum Gasteiger partial charge on any atom is 0.254 e. The molecular formula is C13H15FN2O2. The van der Waals surface area contributed by atoms with Gasteiger partial charge in [-0.15, -0.1) is 0 Å². The number of amides is 2. The van der Waals surface area contributed by atoms with Crippen molar-refractivity contribution in [3.8, 4) is 0 Å². The molecule has 4 nitrogen and oxygen atoms in total. The second-order valence-corrected chi connectivity index (χ2v) is 4.51. The van der Waals surface area contributed by atoms with Crippen molar-refractivity contribution in [1.82, 2.24) is 10.2 Å². The molecule has 1 aromatic carbocycles. The summed E-state index contributed by atoms with van der Waals surface area (Å²) >= 11 is 0. The van der Waals surface area contributed by atoms with Crippen LogP contribution in [-0.2, 0) is 4.79 Å². The van der Waals surface area contributed by atoms with Crippen molar-refractivity contribution in [2.75, 3.05) is 13.6 Å². The summed E-state index contributed by atoms with van der Waals surface area (Å²) < 4.78 is 13.7. The highest BCUT2D eigenvalue weighted by molar-refractivity contribution is 5.98. The fourth-order valence-electron chi connectivity index (χ4n) is 2.02. The first kappa shape index (κ1) is 12.5. The van der Waals surface area contributed by atoms with Gasteiger partial charge < -0.3 is 10.2 Å². The van der Waals surface area contributed by atoms with Crippen LogP contribution in [0.4, 0.5) is 4.39 Å². The zero-order valence-corrected chi connectivity index (χ0v) is 10.4. The molecule has 0 aliphatic carbocycles. The molecule has 5 heteroatoms. The fraction of sp³-hybridized carbons (Fsp3) is 0.385. The van der Waals surface area contributed by atoms with Gasteiger partial charge in [0.05, 0.1) is 5.56 Å². The van der Waals surface area contributed by atoms with Crippen LogP contribution in [0.5, 0.6) is 0 Å². The molecule has 18 heavy (non-hydrogen) atoms. The number of carbonyl (C=O) groups is 2. The van der Waals surface area contributed by atoms with Gasteiger partial charge in [-0.1, -0.05) is 12.1 Å². The van der Waals surface area contributed by atoms with E-state index < -0.39 is 17.8 Å². The van der Waals surface area contributed by atoms with Gasteiger partial charge in [-0.2, -0.15) is 0 Å². The van der Waals surface area contributed by atoms with E-state index >= 15 is 0 Å². The third kappa shape index (κ3) is 2.20. The first-order valence-corrected chi connectivity index (χ1v) is 5.81. The van der Waals surface area contributed by atoms with E-state index in [1.54, 1.807) is 31.0 Å². The Morgan fingerprint density at radius 3 is 2.83 bits per heavy atom. The van der Waals surface area contributed by atoms with E-state index in [9.17, 15) is 14.0 Å². The highest BCUT2D eigenvalue weighted by Crippen LogP contribution is 2.14. The number of hydrogen-bond donors (Lipinski definition) is 1. The van der Waals surface area contributed by atoms with Crippen LogP contribution >= 0.6 is 0 Å². The van der Waals surface area contributed by atoms with Gasteiger partial charge >= 0.3 is 0 Å². The first-order chi connectivity index (χ1) is 8.50. The lowest BCUT2D eigenvalue weighted by Crippen LogP contribution is -2.40. The normalized spacial score (nSPS) is 19.2. The molecule has 1 aliphatic rings. The summed E-state index contributed by atoms with van der Waals surface area (Å²) in [5.41, 5.74) is 0.398. The highest BCUT2D eigenvalue weighted by Gasteiger charge is 2.30. The molecule has 2 amide bonds. The number of rotatable bonds is 2. The van der Waals surface area contributed by atoms with Crippen molar-refractivity contribution in [2.24, 2.45) is 0 Å². The van der Waals surface area contributed by atoms with E-state index in [0.29, 0.717) is 18.5 Å². The minimum absolute atomic E-state index is 0.0163. The summed E-state index contributed by atoms with van der Waals surface area (Å²) in [5.74, 6) is -1.20. The quantitative estimate of drug-likeness (QED) is 0.854. The fourth-order valence-corrected chi connectivity index (χ4v) is 2.02.